The zero-order valence-electron chi connectivity index (χ0n) is 9.27. The standard InChI is InChI=1S/C14H11ClO2/c1-9-2-7-13(16)12(8-9)14(17)10-3-5-11(15)6-4-10/h2-8,16H,1H3. The van der Waals surface area contributed by atoms with Crippen molar-refractivity contribution in [2.45, 2.75) is 6.92 Å². The third kappa shape index (κ3) is 2.48. The summed E-state index contributed by atoms with van der Waals surface area (Å²) in [5.74, 6) is -0.210. The number of hydrogen-bond donors (Lipinski definition) is 1. The second kappa shape index (κ2) is 4.60. The summed E-state index contributed by atoms with van der Waals surface area (Å²) < 4.78 is 0. The maximum absolute atomic E-state index is 12.1. The van der Waals surface area contributed by atoms with Gasteiger partial charge in [0.25, 0.3) is 0 Å². The van der Waals surface area contributed by atoms with Crippen molar-refractivity contribution in [2.24, 2.45) is 0 Å². The summed E-state index contributed by atoms with van der Waals surface area (Å²) in [5.41, 5.74) is 1.75. The lowest BCUT2D eigenvalue weighted by atomic mass is 10.0. The number of ketones is 1. The molecule has 2 rings (SSSR count). The Balaban J connectivity index is 2.43. The predicted molar refractivity (Wildman–Crippen MR) is 67.7 cm³/mol. The van der Waals surface area contributed by atoms with Crippen molar-refractivity contribution in [2.75, 3.05) is 0 Å². The fourth-order valence-electron chi connectivity index (χ4n) is 1.59. The van der Waals surface area contributed by atoms with Gasteiger partial charge in [0, 0.05) is 10.6 Å². The molecular formula is C14H11ClO2. The largest absolute Gasteiger partial charge is 0.507 e. The van der Waals surface area contributed by atoms with E-state index in [1.165, 1.54) is 6.07 Å². The normalized spacial score (nSPS) is 10.2. The number of carbonyl (C=O) groups excluding carboxylic acids is 1. The summed E-state index contributed by atoms with van der Waals surface area (Å²) in [6.07, 6.45) is 0. The van der Waals surface area contributed by atoms with Crippen LogP contribution < -0.4 is 0 Å². The van der Waals surface area contributed by atoms with Gasteiger partial charge in [0.15, 0.2) is 5.78 Å². The molecule has 86 valence electrons. The second-order valence-corrected chi connectivity index (χ2v) is 4.29. The molecule has 0 saturated heterocycles. The van der Waals surface area contributed by atoms with Crippen LogP contribution in [0, 0.1) is 6.92 Å². The van der Waals surface area contributed by atoms with Crippen LogP contribution in [-0.2, 0) is 0 Å². The number of benzene rings is 2. The molecule has 2 aromatic rings. The lowest BCUT2D eigenvalue weighted by molar-refractivity contribution is 0.103. The highest BCUT2D eigenvalue weighted by Crippen LogP contribution is 2.22. The quantitative estimate of drug-likeness (QED) is 0.823. The molecule has 2 aromatic carbocycles. The summed E-state index contributed by atoms with van der Waals surface area (Å²) in [7, 11) is 0. The SMILES string of the molecule is Cc1ccc(O)c(C(=O)c2ccc(Cl)cc2)c1. The fourth-order valence-corrected chi connectivity index (χ4v) is 1.71. The van der Waals surface area contributed by atoms with Crippen molar-refractivity contribution >= 4 is 17.4 Å². The zero-order chi connectivity index (χ0) is 12.4. The molecular weight excluding hydrogens is 236 g/mol. The molecule has 3 heteroatoms. The molecule has 1 N–H and O–H groups in total. The van der Waals surface area contributed by atoms with Gasteiger partial charge in [-0.05, 0) is 43.3 Å². The van der Waals surface area contributed by atoms with Crippen molar-refractivity contribution in [3.05, 3.63) is 64.2 Å². The van der Waals surface area contributed by atoms with E-state index >= 15 is 0 Å². The number of aryl methyl sites for hydroxylation is 1. The monoisotopic (exact) mass is 246 g/mol. The van der Waals surface area contributed by atoms with Crippen LogP contribution in [0.3, 0.4) is 0 Å². The number of halogens is 1. The molecule has 0 aliphatic heterocycles. The van der Waals surface area contributed by atoms with E-state index in [2.05, 4.69) is 0 Å². The number of phenols is 1. The van der Waals surface area contributed by atoms with Crippen LogP contribution in [-0.4, -0.2) is 10.9 Å². The molecule has 2 nitrogen and oxygen atoms in total. The Morgan fingerprint density at radius 2 is 1.76 bits per heavy atom. The summed E-state index contributed by atoms with van der Waals surface area (Å²) in [4.78, 5) is 12.1. The van der Waals surface area contributed by atoms with E-state index in [0.29, 0.717) is 16.1 Å². The van der Waals surface area contributed by atoms with E-state index in [4.69, 9.17) is 11.6 Å². The molecule has 0 aliphatic rings. The number of aromatic hydroxyl groups is 1. The Morgan fingerprint density at radius 1 is 1.12 bits per heavy atom. The van der Waals surface area contributed by atoms with Crippen LogP contribution in [0.1, 0.15) is 21.5 Å². The average Bonchev–Trinajstić information content (AvgIpc) is 2.32. The first kappa shape index (κ1) is 11.7. The van der Waals surface area contributed by atoms with E-state index in [1.807, 2.05) is 6.92 Å². The minimum absolute atomic E-state index is 0.00412. The zero-order valence-corrected chi connectivity index (χ0v) is 10.0. The first-order valence-corrected chi connectivity index (χ1v) is 5.55. The van der Waals surface area contributed by atoms with Crippen LogP contribution in [0.25, 0.3) is 0 Å². The van der Waals surface area contributed by atoms with Crippen molar-refractivity contribution in [3.8, 4) is 5.75 Å². The molecule has 0 fully saturated rings. The highest BCUT2D eigenvalue weighted by atomic mass is 35.5. The minimum Gasteiger partial charge on any atom is -0.507 e. The van der Waals surface area contributed by atoms with Gasteiger partial charge in [-0.2, -0.15) is 0 Å². The molecule has 17 heavy (non-hydrogen) atoms. The lowest BCUT2D eigenvalue weighted by Crippen LogP contribution is -2.01. The van der Waals surface area contributed by atoms with Crippen molar-refractivity contribution in [1.29, 1.82) is 0 Å². The summed E-state index contributed by atoms with van der Waals surface area (Å²) in [6, 6.07) is 11.6. The molecule has 0 radical (unpaired) electrons. The average molecular weight is 247 g/mol. The number of phenolic OH excluding ortho intramolecular Hbond substituents is 1. The minimum atomic E-state index is -0.206. The summed E-state index contributed by atoms with van der Waals surface area (Å²) >= 11 is 5.76. The molecule has 0 heterocycles. The maximum atomic E-state index is 12.1. The van der Waals surface area contributed by atoms with Crippen LogP contribution in [0.4, 0.5) is 0 Å². The van der Waals surface area contributed by atoms with Gasteiger partial charge in [0.05, 0.1) is 5.56 Å². The lowest BCUT2D eigenvalue weighted by Gasteiger charge is -2.05. The van der Waals surface area contributed by atoms with Gasteiger partial charge < -0.3 is 5.11 Å². The first-order valence-electron chi connectivity index (χ1n) is 5.18. The summed E-state index contributed by atoms with van der Waals surface area (Å²) in [6.45, 7) is 1.87. The topological polar surface area (TPSA) is 37.3 Å². The van der Waals surface area contributed by atoms with Crippen LogP contribution in [0.15, 0.2) is 42.5 Å². The molecule has 0 atom stereocenters. The van der Waals surface area contributed by atoms with Gasteiger partial charge in [-0.3, -0.25) is 4.79 Å². The van der Waals surface area contributed by atoms with Crippen LogP contribution in [0.2, 0.25) is 5.02 Å². The number of hydrogen-bond acceptors (Lipinski definition) is 2. The van der Waals surface area contributed by atoms with Crippen LogP contribution in [0.5, 0.6) is 5.75 Å². The summed E-state index contributed by atoms with van der Waals surface area (Å²) in [5, 5.41) is 10.3. The molecule has 0 aliphatic carbocycles. The molecule has 0 bridgehead atoms. The number of rotatable bonds is 2. The van der Waals surface area contributed by atoms with E-state index < -0.39 is 0 Å². The van der Waals surface area contributed by atoms with Gasteiger partial charge in [-0.15, -0.1) is 0 Å². The second-order valence-electron chi connectivity index (χ2n) is 3.86. The van der Waals surface area contributed by atoms with E-state index in [1.54, 1.807) is 36.4 Å². The Labute approximate surface area is 104 Å². The van der Waals surface area contributed by atoms with Gasteiger partial charge in [-0.25, -0.2) is 0 Å². The molecule has 0 aromatic heterocycles. The fraction of sp³-hybridized carbons (Fsp3) is 0.0714. The maximum Gasteiger partial charge on any atom is 0.196 e. The van der Waals surface area contributed by atoms with Crippen molar-refractivity contribution in [3.63, 3.8) is 0 Å². The van der Waals surface area contributed by atoms with Gasteiger partial charge in [0.2, 0.25) is 0 Å². The van der Waals surface area contributed by atoms with E-state index in [-0.39, 0.29) is 11.5 Å². The van der Waals surface area contributed by atoms with Crippen molar-refractivity contribution in [1.82, 2.24) is 0 Å². The highest BCUT2D eigenvalue weighted by Gasteiger charge is 2.13. The molecule has 0 saturated carbocycles. The van der Waals surface area contributed by atoms with Crippen LogP contribution >= 0.6 is 11.6 Å². The smallest absolute Gasteiger partial charge is 0.196 e. The Hall–Kier alpha value is -1.80. The Bertz CT molecular complexity index is 559. The van der Waals surface area contributed by atoms with E-state index in [0.717, 1.165) is 5.56 Å². The number of carbonyl (C=O) groups is 1. The third-order valence-electron chi connectivity index (χ3n) is 2.50. The first-order chi connectivity index (χ1) is 8.08. The van der Waals surface area contributed by atoms with Gasteiger partial charge >= 0.3 is 0 Å². The Kier molecular flexibility index (Phi) is 3.16. The third-order valence-corrected chi connectivity index (χ3v) is 2.76. The van der Waals surface area contributed by atoms with Gasteiger partial charge in [0.1, 0.15) is 5.75 Å². The molecule has 0 amide bonds. The Morgan fingerprint density at radius 3 is 2.41 bits per heavy atom. The highest BCUT2D eigenvalue weighted by molar-refractivity contribution is 6.30. The molecule has 0 spiro atoms. The van der Waals surface area contributed by atoms with Gasteiger partial charge in [-0.1, -0.05) is 23.2 Å². The molecule has 0 unspecified atom stereocenters. The predicted octanol–water partition coefficient (Wildman–Crippen LogP) is 3.59. The van der Waals surface area contributed by atoms with E-state index in [9.17, 15) is 9.90 Å². The van der Waals surface area contributed by atoms with Crippen molar-refractivity contribution < 1.29 is 9.90 Å².